The van der Waals surface area contributed by atoms with Crippen molar-refractivity contribution in [3.05, 3.63) is 48.6 Å². The molecule has 1 rings (SSSR count). The number of carbonyl (C=O) groups is 1. The molecule has 3 unspecified atom stereocenters. The van der Waals surface area contributed by atoms with Crippen LogP contribution in [0, 0.1) is 0 Å². The van der Waals surface area contributed by atoms with Crippen LogP contribution in [0.15, 0.2) is 48.6 Å². The number of rotatable bonds is 18. The third-order valence-electron chi connectivity index (χ3n) is 4.79. The van der Waals surface area contributed by atoms with Crippen molar-refractivity contribution in [1.82, 2.24) is 0 Å². The van der Waals surface area contributed by atoms with Crippen LogP contribution in [0.3, 0.4) is 0 Å². The normalized spacial score (nSPS) is 20.1. The summed E-state index contributed by atoms with van der Waals surface area (Å²) in [5, 5.41) is 17.8. The first-order chi connectivity index (χ1) is 14.7. The van der Waals surface area contributed by atoms with Crippen LogP contribution in [-0.2, 0) is 14.3 Å². The lowest BCUT2D eigenvalue weighted by atomic mass is 10.1. The molecule has 0 amide bonds. The van der Waals surface area contributed by atoms with E-state index in [9.17, 15) is 4.79 Å². The van der Waals surface area contributed by atoms with Crippen LogP contribution in [0.25, 0.3) is 0 Å². The third kappa shape index (κ3) is 15.2. The van der Waals surface area contributed by atoms with E-state index >= 15 is 0 Å². The Morgan fingerprint density at radius 1 is 0.933 bits per heavy atom. The Balaban J connectivity index is 1.91. The molecule has 0 aromatic rings. The maximum atomic E-state index is 11.5. The van der Waals surface area contributed by atoms with Crippen molar-refractivity contribution in [2.24, 2.45) is 0 Å². The third-order valence-corrected chi connectivity index (χ3v) is 4.79. The summed E-state index contributed by atoms with van der Waals surface area (Å²) in [7, 11) is 0. The number of epoxide rings is 1. The topological polar surface area (TPSA) is 79.3 Å². The van der Waals surface area contributed by atoms with E-state index in [4.69, 9.17) is 19.7 Å². The van der Waals surface area contributed by atoms with Crippen molar-refractivity contribution in [2.45, 2.75) is 89.4 Å². The lowest BCUT2D eigenvalue weighted by Crippen LogP contribution is -2.21. The van der Waals surface area contributed by atoms with Crippen molar-refractivity contribution in [2.75, 3.05) is 13.2 Å². The molecular formula is C25H40O5. The zero-order chi connectivity index (χ0) is 21.9. The van der Waals surface area contributed by atoms with Crippen molar-refractivity contribution in [3.63, 3.8) is 0 Å². The van der Waals surface area contributed by atoms with E-state index in [-0.39, 0.29) is 12.6 Å². The Morgan fingerprint density at radius 2 is 1.57 bits per heavy atom. The van der Waals surface area contributed by atoms with Crippen molar-refractivity contribution in [1.29, 1.82) is 0 Å². The molecule has 1 aliphatic rings. The maximum absolute atomic E-state index is 11.5. The first kappa shape index (κ1) is 26.3. The van der Waals surface area contributed by atoms with E-state index in [1.807, 2.05) is 0 Å². The predicted molar refractivity (Wildman–Crippen MR) is 121 cm³/mol. The molecule has 0 spiro atoms. The average molecular weight is 421 g/mol. The van der Waals surface area contributed by atoms with Gasteiger partial charge in [0.2, 0.25) is 0 Å². The number of ether oxygens (including phenoxy) is 2. The Kier molecular flexibility index (Phi) is 15.9. The zero-order valence-corrected chi connectivity index (χ0v) is 18.5. The number of hydrogen-bond donors (Lipinski definition) is 2. The van der Waals surface area contributed by atoms with Crippen LogP contribution >= 0.6 is 0 Å². The van der Waals surface area contributed by atoms with Gasteiger partial charge in [0.05, 0.1) is 18.8 Å². The van der Waals surface area contributed by atoms with E-state index in [2.05, 4.69) is 55.5 Å². The van der Waals surface area contributed by atoms with Crippen molar-refractivity contribution < 1.29 is 24.5 Å². The summed E-state index contributed by atoms with van der Waals surface area (Å²) in [4.78, 5) is 11.5. The number of hydrogen-bond acceptors (Lipinski definition) is 5. The van der Waals surface area contributed by atoms with Crippen molar-refractivity contribution in [3.8, 4) is 0 Å². The molecule has 1 saturated heterocycles. The molecule has 5 heteroatoms. The minimum Gasteiger partial charge on any atom is -0.463 e. The Labute approximate surface area is 182 Å². The number of carbonyl (C=O) groups excluding carboxylic acids is 1. The molecule has 0 aromatic heterocycles. The van der Waals surface area contributed by atoms with E-state index < -0.39 is 12.7 Å². The minimum atomic E-state index is -0.983. The summed E-state index contributed by atoms with van der Waals surface area (Å²) in [6.45, 7) is 1.62. The molecule has 1 fully saturated rings. The summed E-state index contributed by atoms with van der Waals surface area (Å²) in [5.41, 5.74) is 0. The zero-order valence-electron chi connectivity index (χ0n) is 18.5. The number of aliphatic hydroxyl groups excluding tert-OH is 2. The molecule has 2 N–H and O–H groups in total. The highest BCUT2D eigenvalue weighted by Gasteiger charge is 2.36. The number of aliphatic hydroxyl groups is 2. The van der Waals surface area contributed by atoms with Gasteiger partial charge in [0.25, 0.3) is 0 Å². The second kappa shape index (κ2) is 18.1. The lowest BCUT2D eigenvalue weighted by molar-refractivity contribution is -0.147. The summed E-state index contributed by atoms with van der Waals surface area (Å²) >= 11 is 0. The highest BCUT2D eigenvalue weighted by atomic mass is 16.6. The monoisotopic (exact) mass is 420 g/mol. The van der Waals surface area contributed by atoms with Gasteiger partial charge in [-0.2, -0.15) is 0 Å². The van der Waals surface area contributed by atoms with Crippen LogP contribution in [0.5, 0.6) is 0 Å². The smallest absolute Gasteiger partial charge is 0.305 e. The summed E-state index contributed by atoms with van der Waals surface area (Å²) in [5.74, 6) is -0.317. The largest absolute Gasteiger partial charge is 0.463 e. The standard InChI is InChI=1S/C25H40O5/c1-2-3-4-5-6-7-8-9-10-11-12-14-17-23-24(30-23)18-15-13-16-19-25(28)29-21-22(27)20-26/h3-4,6-7,9-10,12,14,22-24,26-27H,2,5,8,11,13,15-21H2,1H3. The summed E-state index contributed by atoms with van der Waals surface area (Å²) < 4.78 is 10.6. The average Bonchev–Trinajstić information content (AvgIpc) is 3.50. The van der Waals surface area contributed by atoms with E-state index in [0.29, 0.717) is 18.6 Å². The fourth-order valence-corrected chi connectivity index (χ4v) is 2.96. The van der Waals surface area contributed by atoms with Gasteiger partial charge < -0.3 is 19.7 Å². The molecule has 1 heterocycles. The number of allylic oxidation sites excluding steroid dienone is 7. The fraction of sp³-hybridized carbons (Fsp3) is 0.640. The number of unbranched alkanes of at least 4 members (excludes halogenated alkanes) is 2. The molecule has 0 aromatic carbocycles. The molecular weight excluding hydrogens is 380 g/mol. The van der Waals surface area contributed by atoms with Crippen LogP contribution < -0.4 is 0 Å². The molecule has 0 radical (unpaired) electrons. The highest BCUT2D eigenvalue weighted by Crippen LogP contribution is 2.30. The Morgan fingerprint density at radius 3 is 2.20 bits per heavy atom. The summed E-state index contributed by atoms with van der Waals surface area (Å²) in [6.07, 6.45) is 26.6. The first-order valence-electron chi connectivity index (χ1n) is 11.4. The van der Waals surface area contributed by atoms with Crippen LogP contribution in [0.4, 0.5) is 0 Å². The molecule has 0 bridgehead atoms. The maximum Gasteiger partial charge on any atom is 0.305 e. The van der Waals surface area contributed by atoms with Crippen LogP contribution in [0.2, 0.25) is 0 Å². The van der Waals surface area contributed by atoms with Crippen LogP contribution in [-0.4, -0.2) is 47.7 Å². The van der Waals surface area contributed by atoms with Gasteiger partial charge >= 0.3 is 5.97 Å². The molecule has 5 nitrogen and oxygen atoms in total. The Bertz CT molecular complexity index is 550. The molecule has 0 aliphatic carbocycles. The quantitative estimate of drug-likeness (QED) is 0.144. The predicted octanol–water partition coefficient (Wildman–Crippen LogP) is 4.80. The van der Waals surface area contributed by atoms with Gasteiger partial charge in [-0.05, 0) is 44.9 Å². The molecule has 30 heavy (non-hydrogen) atoms. The van der Waals surface area contributed by atoms with Gasteiger partial charge in [-0.15, -0.1) is 0 Å². The minimum absolute atomic E-state index is 0.135. The van der Waals surface area contributed by atoms with Gasteiger partial charge in [-0.1, -0.05) is 68.4 Å². The van der Waals surface area contributed by atoms with Gasteiger partial charge in [0.1, 0.15) is 12.7 Å². The fourth-order valence-electron chi connectivity index (χ4n) is 2.96. The van der Waals surface area contributed by atoms with E-state index in [1.165, 1.54) is 0 Å². The molecule has 3 atom stereocenters. The second-order valence-electron chi connectivity index (χ2n) is 7.57. The first-order valence-corrected chi connectivity index (χ1v) is 11.4. The SMILES string of the molecule is CCC=CCC=CCC=CCC=CCC1OC1CCCCCC(=O)OCC(O)CO. The van der Waals surface area contributed by atoms with Crippen LogP contribution in [0.1, 0.15) is 71.1 Å². The van der Waals surface area contributed by atoms with E-state index in [0.717, 1.165) is 57.8 Å². The Hall–Kier alpha value is -1.69. The van der Waals surface area contributed by atoms with E-state index in [1.54, 1.807) is 0 Å². The van der Waals surface area contributed by atoms with Gasteiger partial charge in [-0.25, -0.2) is 0 Å². The lowest BCUT2D eigenvalue weighted by Gasteiger charge is -2.08. The van der Waals surface area contributed by atoms with Gasteiger partial charge in [0.15, 0.2) is 0 Å². The van der Waals surface area contributed by atoms with Crippen molar-refractivity contribution >= 4 is 5.97 Å². The number of esters is 1. The molecule has 1 aliphatic heterocycles. The summed E-state index contributed by atoms with van der Waals surface area (Å²) in [6, 6.07) is 0. The van der Waals surface area contributed by atoms with Gasteiger partial charge in [0, 0.05) is 6.42 Å². The van der Waals surface area contributed by atoms with Gasteiger partial charge in [-0.3, -0.25) is 4.79 Å². The molecule has 0 saturated carbocycles. The second-order valence-corrected chi connectivity index (χ2v) is 7.57. The molecule has 170 valence electrons. The highest BCUT2D eigenvalue weighted by molar-refractivity contribution is 5.69.